The van der Waals surface area contributed by atoms with Gasteiger partial charge in [0.05, 0.1) is 20.6 Å². The van der Waals surface area contributed by atoms with E-state index < -0.39 is 0 Å². The summed E-state index contributed by atoms with van der Waals surface area (Å²) in [5.41, 5.74) is 0. The van der Waals surface area contributed by atoms with Crippen molar-refractivity contribution in [2.45, 2.75) is 71.6 Å². The summed E-state index contributed by atoms with van der Waals surface area (Å²) in [6.07, 6.45) is 12.6. The van der Waals surface area contributed by atoms with E-state index in [1.807, 2.05) is 0 Å². The van der Waals surface area contributed by atoms with E-state index in [4.69, 9.17) is 0 Å². The largest absolute Gasteiger partial charge is 0.320 e. The van der Waals surface area contributed by atoms with E-state index in [0.717, 1.165) is 0 Å². The average Bonchev–Trinajstić information content (AvgIpc) is 2.33. The van der Waals surface area contributed by atoms with E-state index in [-0.39, 0.29) is 0 Å². The Morgan fingerprint density at radius 3 is 1.94 bits per heavy atom. The molecule has 110 valence electrons. The third-order valence-electron chi connectivity index (χ3n) is 3.45. The average molecular weight is 275 g/mol. The van der Waals surface area contributed by atoms with Gasteiger partial charge in [-0.25, -0.2) is 0 Å². The van der Waals surface area contributed by atoms with Crippen LogP contribution in [0.25, 0.3) is 0 Å². The van der Waals surface area contributed by atoms with Crippen molar-refractivity contribution in [3.05, 3.63) is 0 Å². The van der Waals surface area contributed by atoms with Crippen molar-refractivity contribution >= 4 is 11.8 Å². The number of hydrogen-bond acceptors (Lipinski definition) is 1. The van der Waals surface area contributed by atoms with Gasteiger partial charge in [-0.1, -0.05) is 52.4 Å². The van der Waals surface area contributed by atoms with Gasteiger partial charge in [-0.15, -0.1) is 11.8 Å². The smallest absolute Gasteiger partial charge is 0.125 e. The molecule has 0 spiro atoms. The maximum absolute atomic E-state index is 2.39. The number of nitrogens with zero attached hydrogens (tertiary/aromatic N) is 1. The minimum Gasteiger partial charge on any atom is -0.320 e. The second-order valence-corrected chi connectivity index (χ2v) is 7.25. The molecule has 0 amide bonds. The van der Waals surface area contributed by atoms with Crippen molar-refractivity contribution < 1.29 is 4.48 Å². The second-order valence-electron chi connectivity index (χ2n) is 6.17. The van der Waals surface area contributed by atoms with E-state index >= 15 is 0 Å². The lowest BCUT2D eigenvalue weighted by molar-refractivity contribution is -0.877. The maximum Gasteiger partial charge on any atom is 0.125 e. The van der Waals surface area contributed by atoms with Crippen LogP contribution in [-0.2, 0) is 0 Å². The first-order chi connectivity index (χ1) is 8.62. The molecule has 0 heterocycles. The predicted octanol–water partition coefficient (Wildman–Crippen LogP) is 5.30. The van der Waals surface area contributed by atoms with Crippen LogP contribution in [0.2, 0.25) is 0 Å². The Kier molecular flexibility index (Phi) is 12.6. The molecular weight excluding hydrogens is 238 g/mol. The van der Waals surface area contributed by atoms with Crippen molar-refractivity contribution in [3.63, 3.8) is 0 Å². The van der Waals surface area contributed by atoms with Crippen LogP contribution in [0.3, 0.4) is 0 Å². The third-order valence-corrected chi connectivity index (χ3v) is 4.91. The van der Waals surface area contributed by atoms with Crippen molar-refractivity contribution in [2.24, 2.45) is 0 Å². The molecule has 0 fully saturated rings. The minimum absolute atomic E-state index is 1.20. The van der Waals surface area contributed by atoms with Gasteiger partial charge in [0, 0.05) is 0 Å². The van der Waals surface area contributed by atoms with Crippen LogP contribution in [0, 0.1) is 0 Å². The topological polar surface area (TPSA) is 0 Å². The van der Waals surface area contributed by atoms with Crippen LogP contribution in [0.5, 0.6) is 0 Å². The predicted molar refractivity (Wildman–Crippen MR) is 87.2 cm³/mol. The Bertz CT molecular complexity index is 168. The van der Waals surface area contributed by atoms with Gasteiger partial charge in [0.2, 0.25) is 0 Å². The molecule has 0 unspecified atom stereocenters. The van der Waals surface area contributed by atoms with Crippen molar-refractivity contribution in [1.82, 2.24) is 0 Å². The fourth-order valence-electron chi connectivity index (χ4n) is 2.15. The first-order valence-electron chi connectivity index (χ1n) is 8.02. The molecule has 0 saturated heterocycles. The number of quaternary nitrogens is 1. The zero-order chi connectivity index (χ0) is 13.7. The van der Waals surface area contributed by atoms with Crippen LogP contribution in [0.1, 0.15) is 71.6 Å². The summed E-state index contributed by atoms with van der Waals surface area (Å²) in [4.78, 5) is 0. The minimum atomic E-state index is 1.20. The molecule has 0 aromatic heterocycles. The zero-order valence-electron chi connectivity index (χ0n) is 13.3. The Balaban J connectivity index is 3.37. The summed E-state index contributed by atoms with van der Waals surface area (Å²) < 4.78 is 1.20. The molecule has 0 rings (SSSR count). The highest BCUT2D eigenvalue weighted by Gasteiger charge is 2.13. The summed E-state index contributed by atoms with van der Waals surface area (Å²) in [6, 6.07) is 0. The van der Waals surface area contributed by atoms with E-state index in [1.165, 1.54) is 80.4 Å². The lowest BCUT2D eigenvalue weighted by atomic mass is 10.1. The molecule has 0 aliphatic heterocycles. The standard InChI is InChI=1S/C16H36NS/c1-5-7-9-10-11-12-14-17(3,4)16-18-15-13-8-6-2/h5-16H2,1-4H3/q+1. The Morgan fingerprint density at radius 1 is 0.722 bits per heavy atom. The fourth-order valence-corrected chi connectivity index (χ4v) is 3.31. The molecule has 0 saturated carbocycles. The summed E-state index contributed by atoms with van der Waals surface area (Å²) in [6.45, 7) is 5.92. The van der Waals surface area contributed by atoms with Crippen LogP contribution >= 0.6 is 11.8 Å². The van der Waals surface area contributed by atoms with E-state index in [0.29, 0.717) is 0 Å². The number of rotatable bonds is 13. The Hall–Kier alpha value is 0.310. The third kappa shape index (κ3) is 12.8. The zero-order valence-corrected chi connectivity index (χ0v) is 14.2. The molecule has 0 aliphatic rings. The molecular formula is C16H36NS+. The monoisotopic (exact) mass is 274 g/mol. The molecule has 0 aliphatic carbocycles. The SMILES string of the molecule is CCCCCCCC[N+](C)(C)CSCCCCC. The molecule has 1 nitrogen and oxygen atoms in total. The lowest BCUT2D eigenvalue weighted by Gasteiger charge is -2.29. The van der Waals surface area contributed by atoms with E-state index in [9.17, 15) is 0 Å². The number of hydrogen-bond donors (Lipinski definition) is 0. The van der Waals surface area contributed by atoms with E-state index in [1.54, 1.807) is 0 Å². The van der Waals surface area contributed by atoms with Gasteiger partial charge >= 0.3 is 0 Å². The Labute approximate surface area is 120 Å². The normalized spacial score (nSPS) is 12.0. The van der Waals surface area contributed by atoms with Gasteiger partial charge in [0.15, 0.2) is 0 Å². The summed E-state index contributed by atoms with van der Waals surface area (Å²) in [5.74, 6) is 2.64. The molecule has 0 bridgehead atoms. The van der Waals surface area contributed by atoms with Crippen molar-refractivity contribution in [3.8, 4) is 0 Å². The van der Waals surface area contributed by atoms with Crippen molar-refractivity contribution in [2.75, 3.05) is 32.3 Å². The number of unbranched alkanes of at least 4 members (excludes halogenated alkanes) is 7. The van der Waals surface area contributed by atoms with E-state index in [2.05, 4.69) is 39.7 Å². The molecule has 0 N–H and O–H groups in total. The van der Waals surface area contributed by atoms with Gasteiger partial charge in [-0.05, 0) is 25.0 Å². The fraction of sp³-hybridized carbons (Fsp3) is 1.00. The Morgan fingerprint density at radius 2 is 1.28 bits per heavy atom. The highest BCUT2D eigenvalue weighted by atomic mass is 32.2. The molecule has 18 heavy (non-hydrogen) atoms. The summed E-state index contributed by atoms with van der Waals surface area (Å²) >= 11 is 2.14. The quantitative estimate of drug-likeness (QED) is 0.249. The van der Waals surface area contributed by atoms with Crippen LogP contribution in [-0.4, -0.2) is 36.8 Å². The molecule has 0 radical (unpaired) electrons. The van der Waals surface area contributed by atoms with Gasteiger partial charge < -0.3 is 4.48 Å². The van der Waals surface area contributed by atoms with Crippen molar-refractivity contribution in [1.29, 1.82) is 0 Å². The van der Waals surface area contributed by atoms with Gasteiger partial charge in [0.25, 0.3) is 0 Å². The first-order valence-corrected chi connectivity index (χ1v) is 9.17. The highest BCUT2D eigenvalue weighted by Crippen LogP contribution is 2.14. The highest BCUT2D eigenvalue weighted by molar-refractivity contribution is 7.99. The number of thioether (sulfide) groups is 1. The molecule has 0 atom stereocenters. The van der Waals surface area contributed by atoms with Gasteiger partial charge in [-0.3, -0.25) is 0 Å². The molecule has 2 heteroatoms. The summed E-state index contributed by atoms with van der Waals surface area (Å²) in [5, 5.41) is 0. The summed E-state index contributed by atoms with van der Waals surface area (Å²) in [7, 11) is 4.78. The molecule has 0 aromatic rings. The van der Waals surface area contributed by atoms with Crippen LogP contribution in [0.4, 0.5) is 0 Å². The first kappa shape index (κ1) is 18.3. The van der Waals surface area contributed by atoms with Gasteiger partial charge in [0.1, 0.15) is 5.88 Å². The lowest BCUT2D eigenvalue weighted by Crippen LogP contribution is -2.40. The van der Waals surface area contributed by atoms with Crippen LogP contribution < -0.4 is 0 Å². The molecule has 0 aromatic carbocycles. The van der Waals surface area contributed by atoms with Crippen LogP contribution in [0.15, 0.2) is 0 Å². The van der Waals surface area contributed by atoms with Gasteiger partial charge in [-0.2, -0.15) is 0 Å². The maximum atomic E-state index is 2.39. The second kappa shape index (κ2) is 12.3.